The summed E-state index contributed by atoms with van der Waals surface area (Å²) in [5, 5.41) is 0.0824. The maximum absolute atomic E-state index is 12.5. The Kier molecular flexibility index (Phi) is 6.02. The maximum Gasteiger partial charge on any atom is 0.534 e. The van der Waals surface area contributed by atoms with Gasteiger partial charge in [0.25, 0.3) is 0 Å². The quantitative estimate of drug-likeness (QED) is 0.422. The molecule has 0 aliphatic rings. The van der Waals surface area contributed by atoms with Crippen molar-refractivity contribution in [3.8, 4) is 5.75 Å². The number of hydrogen-bond acceptors (Lipinski definition) is 4. The third-order valence-electron chi connectivity index (χ3n) is 3.41. The van der Waals surface area contributed by atoms with E-state index in [4.69, 9.17) is 11.6 Å². The van der Waals surface area contributed by atoms with Gasteiger partial charge in [0.15, 0.2) is 5.75 Å². The van der Waals surface area contributed by atoms with Gasteiger partial charge in [0.05, 0.1) is 6.20 Å². The fraction of sp³-hybridized carbons (Fsp3) is 0.583. The molecule has 0 unspecified atom stereocenters. The van der Waals surface area contributed by atoms with Crippen LogP contribution in [0.1, 0.15) is 20.8 Å². The van der Waals surface area contributed by atoms with E-state index >= 15 is 0 Å². The van der Waals surface area contributed by atoms with Gasteiger partial charge < -0.3 is 4.18 Å². The zero-order valence-electron chi connectivity index (χ0n) is 12.3. The minimum atomic E-state index is -5.74. The van der Waals surface area contributed by atoms with Gasteiger partial charge in [0.2, 0.25) is 0 Å². The molecule has 0 bridgehead atoms. The molecule has 0 saturated heterocycles. The van der Waals surface area contributed by atoms with Gasteiger partial charge in [-0.05, 0) is 23.3 Å². The third-order valence-corrected chi connectivity index (χ3v) is 9.15. The van der Waals surface area contributed by atoms with Gasteiger partial charge in [-0.15, -0.1) is 0 Å². The maximum atomic E-state index is 12.5. The van der Waals surface area contributed by atoms with Gasteiger partial charge in [-0.3, -0.25) is 0 Å². The molecule has 0 aliphatic carbocycles. The lowest BCUT2D eigenvalue weighted by Crippen LogP contribution is -2.28. The fourth-order valence-corrected chi connectivity index (χ4v) is 5.83. The van der Waals surface area contributed by atoms with Crippen molar-refractivity contribution in [1.29, 1.82) is 0 Å². The van der Waals surface area contributed by atoms with E-state index in [-0.39, 0.29) is 5.15 Å². The first-order valence-corrected chi connectivity index (χ1v) is 10.4. The number of rotatable bonds is 6. The Morgan fingerprint density at radius 2 is 1.68 bits per heavy atom. The van der Waals surface area contributed by atoms with Crippen LogP contribution in [-0.2, 0) is 10.1 Å². The molecule has 0 aromatic carbocycles. The first kappa shape index (κ1) is 19.4. The van der Waals surface area contributed by atoms with Crippen LogP contribution in [0.2, 0.25) is 5.15 Å². The Morgan fingerprint density at radius 3 is 2.09 bits per heavy atom. The average Bonchev–Trinajstić information content (AvgIpc) is 2.43. The zero-order valence-corrected chi connectivity index (χ0v) is 14.7. The second kappa shape index (κ2) is 6.84. The number of aromatic nitrogens is 1. The standard InChI is InChI=1S/C12H17ClF3NO3S2/c1-4-21(5-2,6-3)10-7-11(13)17-8-9(10)20-22(18,19)12(14,15)16/h7-8H,4-6H2,1-3H3. The van der Waals surface area contributed by atoms with Crippen molar-refractivity contribution in [2.75, 3.05) is 17.3 Å². The van der Waals surface area contributed by atoms with Crippen molar-refractivity contribution in [3.63, 3.8) is 0 Å². The van der Waals surface area contributed by atoms with Gasteiger partial charge >= 0.3 is 15.6 Å². The highest BCUT2D eigenvalue weighted by molar-refractivity contribution is 8.33. The summed E-state index contributed by atoms with van der Waals surface area (Å²) in [7, 11) is -7.28. The van der Waals surface area contributed by atoms with Crippen LogP contribution in [-0.4, -0.2) is 36.2 Å². The first-order valence-electron chi connectivity index (χ1n) is 6.45. The van der Waals surface area contributed by atoms with E-state index in [0.717, 1.165) is 6.20 Å². The Morgan fingerprint density at radius 1 is 1.18 bits per heavy atom. The Hall–Kier alpha value is -0.670. The molecule has 0 amide bonds. The van der Waals surface area contributed by atoms with E-state index in [1.54, 1.807) is 0 Å². The lowest BCUT2D eigenvalue weighted by atomic mass is 10.5. The van der Waals surface area contributed by atoms with Crippen LogP contribution in [0.5, 0.6) is 5.75 Å². The van der Waals surface area contributed by atoms with Gasteiger partial charge in [0.1, 0.15) is 5.15 Å². The van der Waals surface area contributed by atoms with Crippen molar-refractivity contribution in [1.82, 2.24) is 4.98 Å². The van der Waals surface area contributed by atoms with Crippen LogP contribution in [0.15, 0.2) is 17.2 Å². The minimum absolute atomic E-state index is 0.0824. The highest BCUT2D eigenvalue weighted by atomic mass is 35.5. The summed E-state index contributed by atoms with van der Waals surface area (Å²) in [5.74, 6) is 1.61. The predicted molar refractivity (Wildman–Crippen MR) is 82.3 cm³/mol. The van der Waals surface area contributed by atoms with E-state index < -0.39 is 31.4 Å². The number of hydrogen-bond donors (Lipinski definition) is 0. The molecule has 4 nitrogen and oxygen atoms in total. The lowest BCUT2D eigenvalue weighted by Gasteiger charge is -2.38. The molecular formula is C12H17ClF3NO3S2. The van der Waals surface area contributed by atoms with Gasteiger partial charge in [-0.25, -0.2) is 15.0 Å². The van der Waals surface area contributed by atoms with E-state index in [9.17, 15) is 21.6 Å². The van der Waals surface area contributed by atoms with Crippen molar-refractivity contribution in [2.24, 2.45) is 0 Å². The lowest BCUT2D eigenvalue weighted by molar-refractivity contribution is -0.0500. The smallest absolute Gasteiger partial charge is 0.373 e. The molecule has 1 rings (SSSR count). The SMILES string of the molecule is CCS(CC)(CC)c1cc(Cl)ncc1OS(=O)(=O)C(F)(F)F. The largest absolute Gasteiger partial charge is 0.534 e. The molecular weight excluding hydrogens is 363 g/mol. The van der Waals surface area contributed by atoms with E-state index in [1.807, 2.05) is 20.8 Å². The van der Waals surface area contributed by atoms with Crippen molar-refractivity contribution < 1.29 is 25.8 Å². The second-order valence-corrected chi connectivity index (χ2v) is 10.5. The van der Waals surface area contributed by atoms with Crippen LogP contribution in [0, 0.1) is 0 Å². The Bertz CT molecular complexity index is 623. The molecule has 0 fully saturated rings. The Labute approximate surface area is 134 Å². The summed E-state index contributed by atoms with van der Waals surface area (Å²) in [4.78, 5) is 4.04. The highest BCUT2D eigenvalue weighted by Crippen LogP contribution is 2.58. The molecule has 0 saturated carbocycles. The first-order chi connectivity index (χ1) is 10.0. The van der Waals surface area contributed by atoms with Crippen LogP contribution < -0.4 is 4.18 Å². The van der Waals surface area contributed by atoms with Crippen molar-refractivity contribution >= 4 is 31.7 Å². The summed E-state index contributed by atoms with van der Waals surface area (Å²) in [6, 6.07) is 1.40. The predicted octanol–water partition coefficient (Wildman–Crippen LogP) is 4.19. The van der Waals surface area contributed by atoms with Crippen LogP contribution in [0.3, 0.4) is 0 Å². The molecule has 128 valence electrons. The molecule has 22 heavy (non-hydrogen) atoms. The van der Waals surface area contributed by atoms with Crippen molar-refractivity contribution in [3.05, 3.63) is 17.4 Å². The van der Waals surface area contributed by atoms with E-state index in [1.165, 1.54) is 6.07 Å². The molecule has 1 aromatic heterocycles. The summed E-state index contributed by atoms with van der Waals surface area (Å²) >= 11 is 5.83. The van der Waals surface area contributed by atoms with Gasteiger partial charge in [-0.2, -0.15) is 21.6 Å². The molecule has 1 heterocycles. The number of pyridine rings is 1. The summed E-state index contributed by atoms with van der Waals surface area (Å²) in [6.07, 6.45) is 0.934. The summed E-state index contributed by atoms with van der Waals surface area (Å²) in [6.45, 7) is 5.70. The minimum Gasteiger partial charge on any atom is -0.373 e. The normalized spacial score (nSPS) is 14.0. The average molecular weight is 380 g/mol. The van der Waals surface area contributed by atoms with Gasteiger partial charge in [0, 0.05) is 4.90 Å². The zero-order chi connectivity index (χ0) is 17.2. The van der Waals surface area contributed by atoms with Crippen molar-refractivity contribution in [2.45, 2.75) is 31.2 Å². The van der Waals surface area contributed by atoms with Crippen LogP contribution in [0.25, 0.3) is 0 Å². The number of alkyl halides is 3. The molecule has 0 atom stereocenters. The summed E-state index contributed by atoms with van der Waals surface area (Å²) < 4.78 is 64.4. The monoisotopic (exact) mass is 379 g/mol. The molecule has 1 aromatic rings. The topological polar surface area (TPSA) is 56.3 Å². The molecule has 0 aliphatic heterocycles. The van der Waals surface area contributed by atoms with E-state index in [0.29, 0.717) is 22.2 Å². The molecule has 0 spiro atoms. The van der Waals surface area contributed by atoms with E-state index in [2.05, 4.69) is 9.17 Å². The molecule has 10 heteroatoms. The second-order valence-electron chi connectivity index (χ2n) is 4.35. The number of nitrogens with zero attached hydrogens (tertiary/aromatic N) is 1. The van der Waals surface area contributed by atoms with Crippen LogP contribution in [0.4, 0.5) is 13.2 Å². The Balaban J connectivity index is 3.46. The number of halogens is 4. The molecule has 0 radical (unpaired) electrons. The fourth-order valence-electron chi connectivity index (χ4n) is 2.05. The molecule has 0 N–H and O–H groups in total. The highest BCUT2D eigenvalue weighted by Gasteiger charge is 2.49. The van der Waals surface area contributed by atoms with Gasteiger partial charge in [-0.1, -0.05) is 32.4 Å². The summed E-state index contributed by atoms with van der Waals surface area (Å²) in [5.41, 5.74) is -5.49. The third kappa shape index (κ3) is 3.80. The van der Waals surface area contributed by atoms with Crippen LogP contribution >= 0.6 is 21.6 Å².